The number of nitrogens with zero attached hydrogens (tertiary/aromatic N) is 1. The highest BCUT2D eigenvalue weighted by Crippen LogP contribution is 1.88. The van der Waals surface area contributed by atoms with E-state index in [1.54, 1.807) is 6.92 Å². The molecule has 0 fully saturated rings. The predicted octanol–water partition coefficient (Wildman–Crippen LogP) is -0.304. The molecular formula is C4H5N2O. The van der Waals surface area contributed by atoms with Gasteiger partial charge in [-0.15, -0.1) is 0 Å². The van der Waals surface area contributed by atoms with Crippen LogP contribution < -0.4 is 5.32 Å². The van der Waals surface area contributed by atoms with Crippen LogP contribution in [0.1, 0.15) is 6.92 Å². The van der Waals surface area contributed by atoms with Gasteiger partial charge in [-0.3, -0.25) is 9.79 Å². The largest absolute Gasteiger partial charge is 0.313 e. The van der Waals surface area contributed by atoms with Gasteiger partial charge in [0.15, 0.2) is 6.54 Å². The van der Waals surface area contributed by atoms with E-state index in [9.17, 15) is 4.79 Å². The topological polar surface area (TPSA) is 41.5 Å². The van der Waals surface area contributed by atoms with E-state index in [0.717, 1.165) is 0 Å². The van der Waals surface area contributed by atoms with Gasteiger partial charge in [0.2, 0.25) is 0 Å². The summed E-state index contributed by atoms with van der Waals surface area (Å²) in [7, 11) is 0. The summed E-state index contributed by atoms with van der Waals surface area (Å²) in [5.41, 5.74) is 0. The molecule has 0 spiro atoms. The summed E-state index contributed by atoms with van der Waals surface area (Å²) in [6, 6.07) is 0. The van der Waals surface area contributed by atoms with E-state index in [2.05, 4.69) is 10.3 Å². The molecule has 1 rings (SSSR count). The molecule has 1 radical (unpaired) electrons. The van der Waals surface area contributed by atoms with Crippen molar-refractivity contribution in [2.45, 2.75) is 6.92 Å². The van der Waals surface area contributed by atoms with E-state index in [-0.39, 0.29) is 5.91 Å². The Morgan fingerprint density at radius 2 is 2.57 bits per heavy atom. The lowest BCUT2D eigenvalue weighted by Crippen LogP contribution is -2.20. The maximum atomic E-state index is 10.2. The molecule has 1 aliphatic heterocycles. The van der Waals surface area contributed by atoms with Crippen molar-refractivity contribution in [1.82, 2.24) is 5.32 Å². The van der Waals surface area contributed by atoms with E-state index in [4.69, 9.17) is 0 Å². The minimum absolute atomic E-state index is 0.127. The van der Waals surface area contributed by atoms with Crippen LogP contribution in [0, 0.1) is 6.54 Å². The van der Waals surface area contributed by atoms with Gasteiger partial charge in [-0.1, -0.05) is 0 Å². The molecule has 1 heterocycles. The molecule has 0 atom stereocenters. The van der Waals surface area contributed by atoms with E-state index in [0.29, 0.717) is 5.84 Å². The summed E-state index contributed by atoms with van der Waals surface area (Å²) in [6.45, 7) is 3.00. The molecule has 0 unspecified atom stereocenters. The smallest absolute Gasteiger partial charge is 0.252 e. The van der Waals surface area contributed by atoms with E-state index >= 15 is 0 Å². The molecule has 37 valence electrons. The van der Waals surface area contributed by atoms with Crippen molar-refractivity contribution in [3.63, 3.8) is 0 Å². The average molecular weight is 97.1 g/mol. The minimum Gasteiger partial charge on any atom is -0.313 e. The first-order chi connectivity index (χ1) is 3.29. The second kappa shape index (κ2) is 1.33. The van der Waals surface area contributed by atoms with Crippen molar-refractivity contribution in [3.05, 3.63) is 6.54 Å². The van der Waals surface area contributed by atoms with Crippen LogP contribution in [0.5, 0.6) is 0 Å². The molecule has 0 saturated carbocycles. The van der Waals surface area contributed by atoms with Crippen LogP contribution in [0.2, 0.25) is 0 Å². The second-order valence-corrected chi connectivity index (χ2v) is 1.33. The third kappa shape index (κ3) is 0.765. The standard InChI is InChI=1S/C4H5N2O/c1-3-5-2-4(7)6-3/h2H,1H3,(H,5,6,7). The average Bonchev–Trinajstić information content (AvgIpc) is 1.87. The van der Waals surface area contributed by atoms with Gasteiger partial charge in [0, 0.05) is 0 Å². The van der Waals surface area contributed by atoms with Crippen molar-refractivity contribution in [3.8, 4) is 0 Å². The lowest BCUT2D eigenvalue weighted by atomic mass is 10.6. The van der Waals surface area contributed by atoms with Gasteiger partial charge in [0.05, 0.1) is 0 Å². The first kappa shape index (κ1) is 4.30. The van der Waals surface area contributed by atoms with Crippen molar-refractivity contribution < 1.29 is 4.79 Å². The number of aliphatic imine (C=N–C) groups is 1. The summed E-state index contributed by atoms with van der Waals surface area (Å²) in [5, 5.41) is 2.47. The number of hydrogen-bond acceptors (Lipinski definition) is 2. The fraction of sp³-hybridized carbons (Fsp3) is 0.250. The normalized spacial score (nSPS) is 19.0. The molecule has 0 aliphatic carbocycles. The molecule has 0 bridgehead atoms. The van der Waals surface area contributed by atoms with E-state index < -0.39 is 0 Å². The van der Waals surface area contributed by atoms with Crippen LogP contribution in [0.4, 0.5) is 0 Å². The van der Waals surface area contributed by atoms with Crippen LogP contribution in [0.25, 0.3) is 0 Å². The van der Waals surface area contributed by atoms with Crippen LogP contribution in [-0.4, -0.2) is 11.7 Å². The Hall–Kier alpha value is -0.860. The monoisotopic (exact) mass is 97.0 g/mol. The third-order valence-corrected chi connectivity index (χ3v) is 0.680. The summed E-state index contributed by atoms with van der Waals surface area (Å²) in [5.74, 6) is 0.544. The van der Waals surface area contributed by atoms with Gasteiger partial charge in [-0.2, -0.15) is 0 Å². The fourth-order valence-corrected chi connectivity index (χ4v) is 0.398. The van der Waals surface area contributed by atoms with Crippen LogP contribution in [0.3, 0.4) is 0 Å². The molecule has 0 saturated heterocycles. The molecule has 0 aromatic heterocycles. The third-order valence-electron chi connectivity index (χ3n) is 0.680. The Labute approximate surface area is 41.4 Å². The van der Waals surface area contributed by atoms with Gasteiger partial charge in [-0.05, 0) is 6.92 Å². The summed E-state index contributed by atoms with van der Waals surface area (Å²) < 4.78 is 0. The summed E-state index contributed by atoms with van der Waals surface area (Å²) in [4.78, 5) is 13.8. The Bertz CT molecular complexity index is 128. The van der Waals surface area contributed by atoms with Crippen LogP contribution in [0.15, 0.2) is 4.99 Å². The number of hydrogen-bond donors (Lipinski definition) is 1. The number of amides is 1. The van der Waals surface area contributed by atoms with Crippen molar-refractivity contribution in [2.75, 3.05) is 0 Å². The van der Waals surface area contributed by atoms with E-state index in [1.165, 1.54) is 6.54 Å². The van der Waals surface area contributed by atoms with Crippen molar-refractivity contribution in [1.29, 1.82) is 0 Å². The molecule has 7 heavy (non-hydrogen) atoms. The minimum atomic E-state index is -0.127. The highest BCUT2D eigenvalue weighted by molar-refractivity contribution is 6.06. The first-order valence-corrected chi connectivity index (χ1v) is 1.97. The lowest BCUT2D eigenvalue weighted by molar-refractivity contribution is -0.116. The zero-order valence-electron chi connectivity index (χ0n) is 3.93. The summed E-state index contributed by atoms with van der Waals surface area (Å²) >= 11 is 0. The van der Waals surface area contributed by atoms with Gasteiger partial charge < -0.3 is 5.32 Å². The van der Waals surface area contributed by atoms with Gasteiger partial charge in [0.1, 0.15) is 5.84 Å². The molecule has 3 heteroatoms. The Balaban J connectivity index is 2.58. The molecule has 1 amide bonds. The fourth-order valence-electron chi connectivity index (χ4n) is 0.398. The number of nitrogens with one attached hydrogen (secondary N) is 1. The molecular weight excluding hydrogens is 92.1 g/mol. The SMILES string of the molecule is CC1=N[CH]C(=O)N1. The van der Waals surface area contributed by atoms with Gasteiger partial charge in [0.25, 0.3) is 5.91 Å². The Morgan fingerprint density at radius 1 is 1.86 bits per heavy atom. The predicted molar refractivity (Wildman–Crippen MR) is 25.6 cm³/mol. The molecule has 3 nitrogen and oxygen atoms in total. The van der Waals surface area contributed by atoms with Gasteiger partial charge >= 0.3 is 0 Å². The zero-order valence-corrected chi connectivity index (χ0v) is 3.93. The van der Waals surface area contributed by atoms with Crippen molar-refractivity contribution >= 4 is 11.7 Å². The number of carbonyl (C=O) groups excluding carboxylic acids is 1. The molecule has 0 aromatic rings. The maximum absolute atomic E-state index is 10.2. The lowest BCUT2D eigenvalue weighted by Gasteiger charge is -1.84. The second-order valence-electron chi connectivity index (χ2n) is 1.33. The number of carbonyl (C=O) groups is 1. The van der Waals surface area contributed by atoms with Gasteiger partial charge in [-0.25, -0.2) is 0 Å². The summed E-state index contributed by atoms with van der Waals surface area (Å²) in [6.07, 6.45) is 0. The molecule has 1 N–H and O–H groups in total. The first-order valence-electron chi connectivity index (χ1n) is 1.97. The molecule has 0 aromatic carbocycles. The van der Waals surface area contributed by atoms with Crippen LogP contribution >= 0.6 is 0 Å². The van der Waals surface area contributed by atoms with Crippen LogP contribution in [-0.2, 0) is 4.79 Å². The quantitative estimate of drug-likeness (QED) is 0.443. The Kier molecular flexibility index (Phi) is 0.817. The Morgan fingerprint density at radius 3 is 2.71 bits per heavy atom. The maximum Gasteiger partial charge on any atom is 0.252 e. The highest BCUT2D eigenvalue weighted by atomic mass is 16.2. The number of rotatable bonds is 0. The zero-order chi connectivity index (χ0) is 5.28. The molecule has 1 aliphatic rings. The number of amidine groups is 1. The highest BCUT2D eigenvalue weighted by Gasteiger charge is 2.07. The van der Waals surface area contributed by atoms with E-state index in [1.807, 2.05) is 0 Å². The van der Waals surface area contributed by atoms with Crippen molar-refractivity contribution in [2.24, 2.45) is 4.99 Å².